The number of benzene rings is 1. The molecule has 1 aromatic carbocycles. The highest BCUT2D eigenvalue weighted by Crippen LogP contribution is 2.22. The number of carbonyl (C=O) groups is 3. The van der Waals surface area contributed by atoms with E-state index in [1.165, 1.54) is 9.80 Å². The molecule has 0 aromatic heterocycles. The van der Waals surface area contributed by atoms with Crippen LogP contribution in [0.15, 0.2) is 24.3 Å². The lowest BCUT2D eigenvalue weighted by atomic mass is 10.1. The van der Waals surface area contributed by atoms with Gasteiger partial charge in [0, 0.05) is 39.3 Å². The van der Waals surface area contributed by atoms with E-state index < -0.39 is 6.09 Å². The molecule has 1 saturated heterocycles. The normalized spacial score (nSPS) is 18.7. The van der Waals surface area contributed by atoms with Crippen molar-refractivity contribution in [3.8, 4) is 0 Å². The summed E-state index contributed by atoms with van der Waals surface area (Å²) in [5, 5.41) is 8.91. The van der Waals surface area contributed by atoms with Crippen molar-refractivity contribution in [3.05, 3.63) is 35.4 Å². The van der Waals surface area contributed by atoms with E-state index >= 15 is 0 Å². The number of carboxylic acid groups (broad SMARTS) is 1. The Morgan fingerprint density at radius 2 is 1.50 bits per heavy atom. The lowest BCUT2D eigenvalue weighted by Crippen LogP contribution is -2.50. The topological polar surface area (TPSA) is 81.2 Å². The van der Waals surface area contributed by atoms with Crippen molar-refractivity contribution in [2.24, 2.45) is 0 Å². The second-order valence-corrected chi connectivity index (χ2v) is 5.42. The molecule has 2 aliphatic heterocycles. The minimum absolute atomic E-state index is 0.246. The molecular weight excluding hydrogens is 286 g/mol. The zero-order valence-corrected chi connectivity index (χ0v) is 12.1. The number of nitrogens with zero attached hydrogens (tertiary/aromatic N) is 3. The molecule has 1 N–H and O–H groups in total. The molecule has 22 heavy (non-hydrogen) atoms. The van der Waals surface area contributed by atoms with Crippen molar-refractivity contribution in [2.75, 3.05) is 39.3 Å². The predicted octanol–water partition coefficient (Wildman–Crippen LogP) is 0.578. The molecule has 0 saturated carbocycles. The lowest BCUT2D eigenvalue weighted by Gasteiger charge is -2.33. The summed E-state index contributed by atoms with van der Waals surface area (Å²) >= 11 is 0. The maximum absolute atomic E-state index is 12.2. The van der Waals surface area contributed by atoms with E-state index in [0.29, 0.717) is 50.4 Å². The number of hydrogen-bond acceptors (Lipinski definition) is 4. The fourth-order valence-corrected chi connectivity index (χ4v) is 2.85. The van der Waals surface area contributed by atoms with Crippen LogP contribution >= 0.6 is 0 Å². The van der Waals surface area contributed by atoms with Crippen LogP contribution in [0.1, 0.15) is 20.7 Å². The Kier molecular flexibility index (Phi) is 3.81. The van der Waals surface area contributed by atoms with Crippen molar-refractivity contribution in [1.29, 1.82) is 0 Å². The molecule has 7 nitrogen and oxygen atoms in total. The standard InChI is InChI=1S/C15H17N3O4/c19-13-11-3-1-2-4-12(11)14(20)18(13)10-7-16-5-8-17(9-6-16)15(21)22/h1-4H,5-10H2,(H,21,22). The van der Waals surface area contributed by atoms with Gasteiger partial charge in [-0.25, -0.2) is 4.79 Å². The average molecular weight is 303 g/mol. The third kappa shape index (κ3) is 2.55. The Morgan fingerprint density at radius 1 is 0.955 bits per heavy atom. The van der Waals surface area contributed by atoms with Crippen LogP contribution in [0.25, 0.3) is 0 Å². The number of hydrogen-bond donors (Lipinski definition) is 1. The van der Waals surface area contributed by atoms with Crippen LogP contribution in [0.4, 0.5) is 4.79 Å². The van der Waals surface area contributed by atoms with Gasteiger partial charge in [0.15, 0.2) is 0 Å². The van der Waals surface area contributed by atoms with E-state index in [2.05, 4.69) is 4.90 Å². The van der Waals surface area contributed by atoms with Crippen LogP contribution in [0.5, 0.6) is 0 Å². The predicted molar refractivity (Wildman–Crippen MR) is 77.8 cm³/mol. The maximum atomic E-state index is 12.2. The molecule has 0 bridgehead atoms. The fraction of sp³-hybridized carbons (Fsp3) is 0.400. The number of amides is 3. The molecule has 3 amide bonds. The molecule has 1 fully saturated rings. The first kappa shape index (κ1) is 14.5. The van der Waals surface area contributed by atoms with E-state index in [0.717, 1.165) is 0 Å². The van der Waals surface area contributed by atoms with E-state index in [-0.39, 0.29) is 11.8 Å². The van der Waals surface area contributed by atoms with Crippen LogP contribution in [0.2, 0.25) is 0 Å². The van der Waals surface area contributed by atoms with E-state index in [1.807, 2.05) is 0 Å². The first-order valence-corrected chi connectivity index (χ1v) is 7.23. The number of fused-ring (bicyclic) bond motifs is 1. The van der Waals surface area contributed by atoms with E-state index in [1.54, 1.807) is 24.3 Å². The van der Waals surface area contributed by atoms with Gasteiger partial charge in [-0.05, 0) is 12.1 Å². The summed E-state index contributed by atoms with van der Waals surface area (Å²) in [5.41, 5.74) is 0.923. The van der Waals surface area contributed by atoms with Gasteiger partial charge in [0.1, 0.15) is 0 Å². The largest absolute Gasteiger partial charge is 0.465 e. The number of imide groups is 1. The number of rotatable bonds is 3. The Hall–Kier alpha value is -2.41. The zero-order chi connectivity index (χ0) is 15.7. The number of piperazine rings is 1. The third-order valence-electron chi connectivity index (χ3n) is 4.16. The van der Waals surface area contributed by atoms with Crippen LogP contribution in [0.3, 0.4) is 0 Å². The highest BCUT2D eigenvalue weighted by molar-refractivity contribution is 6.21. The Morgan fingerprint density at radius 3 is 2.00 bits per heavy atom. The molecule has 1 aromatic rings. The lowest BCUT2D eigenvalue weighted by molar-refractivity contribution is 0.0617. The summed E-state index contributed by atoms with van der Waals surface area (Å²) in [6.07, 6.45) is -0.903. The minimum Gasteiger partial charge on any atom is -0.465 e. The molecular formula is C15H17N3O4. The molecule has 2 aliphatic rings. The number of carbonyl (C=O) groups excluding carboxylic acids is 2. The van der Waals surface area contributed by atoms with Crippen molar-refractivity contribution in [2.45, 2.75) is 0 Å². The van der Waals surface area contributed by atoms with Crippen molar-refractivity contribution in [1.82, 2.24) is 14.7 Å². The summed E-state index contributed by atoms with van der Waals surface area (Å²) in [5.74, 6) is -0.491. The van der Waals surface area contributed by atoms with Crippen molar-refractivity contribution < 1.29 is 19.5 Å². The smallest absolute Gasteiger partial charge is 0.407 e. The van der Waals surface area contributed by atoms with Gasteiger partial charge in [-0.2, -0.15) is 0 Å². The van der Waals surface area contributed by atoms with Crippen LogP contribution in [-0.4, -0.2) is 77.0 Å². The summed E-state index contributed by atoms with van der Waals surface area (Å²) in [4.78, 5) is 40.0. The van der Waals surface area contributed by atoms with Gasteiger partial charge in [0.25, 0.3) is 11.8 Å². The molecule has 2 heterocycles. The second-order valence-electron chi connectivity index (χ2n) is 5.42. The third-order valence-corrected chi connectivity index (χ3v) is 4.16. The van der Waals surface area contributed by atoms with Crippen LogP contribution in [-0.2, 0) is 0 Å². The first-order chi connectivity index (χ1) is 10.6. The molecule has 0 aliphatic carbocycles. The Labute approximate surface area is 127 Å². The summed E-state index contributed by atoms with van der Waals surface area (Å²) in [7, 11) is 0. The SMILES string of the molecule is O=C(O)N1CCN(CCN2C(=O)c3ccccc3C2=O)CC1. The van der Waals surface area contributed by atoms with Crippen molar-refractivity contribution >= 4 is 17.9 Å². The van der Waals surface area contributed by atoms with Gasteiger partial charge in [-0.15, -0.1) is 0 Å². The van der Waals surface area contributed by atoms with Crippen molar-refractivity contribution in [3.63, 3.8) is 0 Å². The van der Waals surface area contributed by atoms with E-state index in [4.69, 9.17) is 5.11 Å². The second kappa shape index (κ2) is 5.76. The molecule has 7 heteroatoms. The van der Waals surface area contributed by atoms with Gasteiger partial charge in [-0.3, -0.25) is 19.4 Å². The highest BCUT2D eigenvalue weighted by atomic mass is 16.4. The monoisotopic (exact) mass is 303 g/mol. The molecule has 3 rings (SSSR count). The molecule has 0 radical (unpaired) electrons. The average Bonchev–Trinajstić information content (AvgIpc) is 2.78. The molecule has 0 atom stereocenters. The van der Waals surface area contributed by atoms with E-state index in [9.17, 15) is 14.4 Å². The zero-order valence-electron chi connectivity index (χ0n) is 12.1. The van der Waals surface area contributed by atoms with Crippen LogP contribution < -0.4 is 0 Å². The molecule has 0 spiro atoms. The minimum atomic E-state index is -0.903. The maximum Gasteiger partial charge on any atom is 0.407 e. The van der Waals surface area contributed by atoms with Gasteiger partial charge >= 0.3 is 6.09 Å². The van der Waals surface area contributed by atoms with Crippen LogP contribution in [0, 0.1) is 0 Å². The fourth-order valence-electron chi connectivity index (χ4n) is 2.85. The Balaban J connectivity index is 1.56. The van der Waals surface area contributed by atoms with Gasteiger partial charge in [-0.1, -0.05) is 12.1 Å². The first-order valence-electron chi connectivity index (χ1n) is 7.23. The Bertz CT molecular complexity index is 588. The van der Waals surface area contributed by atoms with Gasteiger partial charge < -0.3 is 10.0 Å². The summed E-state index contributed by atoms with van der Waals surface area (Å²) in [6.45, 7) is 3.05. The quantitative estimate of drug-likeness (QED) is 0.826. The molecule has 0 unspecified atom stereocenters. The van der Waals surface area contributed by atoms with Gasteiger partial charge in [0.2, 0.25) is 0 Å². The highest BCUT2D eigenvalue weighted by Gasteiger charge is 2.35. The summed E-state index contributed by atoms with van der Waals surface area (Å²) < 4.78 is 0. The van der Waals surface area contributed by atoms with Gasteiger partial charge in [0.05, 0.1) is 11.1 Å². The molecule has 116 valence electrons. The summed E-state index contributed by atoms with van der Waals surface area (Å²) in [6, 6.07) is 6.83.